The number of amides is 1. The molecule has 4 aromatic rings. The Hall–Kier alpha value is -3.52. The Balaban J connectivity index is 1.41. The highest BCUT2D eigenvalue weighted by molar-refractivity contribution is 8.00. The van der Waals surface area contributed by atoms with E-state index < -0.39 is 0 Å². The van der Waals surface area contributed by atoms with E-state index >= 15 is 0 Å². The summed E-state index contributed by atoms with van der Waals surface area (Å²) in [5.74, 6) is 1.80. The summed E-state index contributed by atoms with van der Waals surface area (Å²) in [7, 11) is 1.62. The summed E-state index contributed by atoms with van der Waals surface area (Å²) < 4.78 is 12.5. The Kier molecular flexibility index (Phi) is 6.91. The number of carbonyl (C=O) groups excluding carboxylic acids is 1. The summed E-state index contributed by atoms with van der Waals surface area (Å²) in [6.07, 6.45) is 3.50. The van der Waals surface area contributed by atoms with Crippen LogP contribution in [0.3, 0.4) is 0 Å². The quantitative estimate of drug-likeness (QED) is 0.387. The minimum absolute atomic E-state index is 0.0622. The number of carbonyl (C=O) groups is 1. The third-order valence-electron chi connectivity index (χ3n) is 4.78. The molecule has 0 radical (unpaired) electrons. The van der Waals surface area contributed by atoms with Gasteiger partial charge in [-0.2, -0.15) is 5.10 Å². The molecule has 0 spiro atoms. The largest absolute Gasteiger partial charge is 0.497 e. The molecule has 1 amide bonds. The van der Waals surface area contributed by atoms with E-state index in [-0.39, 0.29) is 11.7 Å². The molecule has 0 atom stereocenters. The summed E-state index contributed by atoms with van der Waals surface area (Å²) in [5, 5.41) is 8.34. The molecular weight excluding hydrogens is 424 g/mol. The van der Waals surface area contributed by atoms with E-state index in [9.17, 15) is 4.79 Å². The van der Waals surface area contributed by atoms with Gasteiger partial charge in [0, 0.05) is 24.5 Å². The van der Waals surface area contributed by atoms with Crippen LogP contribution in [0, 0.1) is 0 Å². The lowest BCUT2D eigenvalue weighted by Gasteiger charge is -2.07. The van der Waals surface area contributed by atoms with Crippen molar-refractivity contribution in [3.05, 3.63) is 72.6 Å². The second kappa shape index (κ2) is 10.2. The fourth-order valence-corrected chi connectivity index (χ4v) is 4.01. The number of hydrogen-bond donors (Lipinski definition) is 1. The average Bonchev–Trinajstić information content (AvgIpc) is 3.27. The third kappa shape index (κ3) is 5.20. The van der Waals surface area contributed by atoms with Gasteiger partial charge in [-0.15, -0.1) is 0 Å². The van der Waals surface area contributed by atoms with E-state index in [1.807, 2.05) is 61.5 Å². The molecule has 7 nitrogen and oxygen atoms in total. The molecule has 0 aliphatic rings. The molecule has 164 valence electrons. The first-order valence-electron chi connectivity index (χ1n) is 10.3. The molecule has 4 rings (SSSR count). The number of nitrogens with one attached hydrogen (secondary N) is 1. The highest BCUT2D eigenvalue weighted by Crippen LogP contribution is 2.27. The van der Waals surface area contributed by atoms with Gasteiger partial charge < -0.3 is 14.8 Å². The highest BCUT2D eigenvalue weighted by Gasteiger charge is 2.12. The van der Waals surface area contributed by atoms with E-state index in [2.05, 4.69) is 15.4 Å². The van der Waals surface area contributed by atoms with Crippen molar-refractivity contribution < 1.29 is 14.3 Å². The van der Waals surface area contributed by atoms with E-state index in [4.69, 9.17) is 9.47 Å². The molecule has 2 aromatic carbocycles. The van der Waals surface area contributed by atoms with Gasteiger partial charge in [0.2, 0.25) is 5.91 Å². The van der Waals surface area contributed by atoms with Crippen LogP contribution in [0.25, 0.3) is 16.8 Å². The number of benzene rings is 2. The Labute approximate surface area is 190 Å². The Morgan fingerprint density at radius 1 is 1.12 bits per heavy atom. The van der Waals surface area contributed by atoms with Crippen LogP contribution in [-0.4, -0.2) is 40.0 Å². The van der Waals surface area contributed by atoms with Crippen molar-refractivity contribution in [3.63, 3.8) is 0 Å². The summed E-state index contributed by atoms with van der Waals surface area (Å²) in [4.78, 5) is 16.8. The molecule has 2 heterocycles. The lowest BCUT2D eigenvalue weighted by atomic mass is 10.1. The van der Waals surface area contributed by atoms with Crippen molar-refractivity contribution in [2.24, 2.45) is 0 Å². The molecule has 2 aromatic heterocycles. The highest BCUT2D eigenvalue weighted by atomic mass is 32.2. The monoisotopic (exact) mass is 448 g/mol. The topological polar surface area (TPSA) is 77.8 Å². The molecule has 32 heavy (non-hydrogen) atoms. The first-order valence-corrected chi connectivity index (χ1v) is 11.2. The number of methoxy groups -OCH3 is 1. The number of hydrogen-bond acceptors (Lipinski definition) is 6. The maximum absolute atomic E-state index is 12.4. The third-order valence-corrected chi connectivity index (χ3v) is 5.77. The van der Waals surface area contributed by atoms with Crippen LogP contribution in [0.1, 0.15) is 12.5 Å². The van der Waals surface area contributed by atoms with Crippen LogP contribution in [-0.2, 0) is 11.3 Å². The van der Waals surface area contributed by atoms with Crippen molar-refractivity contribution in [3.8, 4) is 22.8 Å². The normalized spacial score (nSPS) is 10.8. The number of rotatable bonds is 9. The second-order valence-electron chi connectivity index (χ2n) is 6.97. The molecule has 8 heteroatoms. The summed E-state index contributed by atoms with van der Waals surface area (Å²) in [6.45, 7) is 3.04. The molecule has 0 bridgehead atoms. The molecule has 0 unspecified atom stereocenters. The number of aromatic nitrogens is 3. The average molecular weight is 449 g/mol. The number of ether oxygens (including phenoxy) is 2. The zero-order chi connectivity index (χ0) is 22.3. The predicted molar refractivity (Wildman–Crippen MR) is 125 cm³/mol. The van der Waals surface area contributed by atoms with Gasteiger partial charge in [-0.1, -0.05) is 23.9 Å². The van der Waals surface area contributed by atoms with Gasteiger partial charge in [-0.25, -0.2) is 9.50 Å². The van der Waals surface area contributed by atoms with E-state index in [1.54, 1.807) is 24.0 Å². The Morgan fingerprint density at radius 2 is 1.97 bits per heavy atom. The minimum atomic E-state index is -0.0622. The van der Waals surface area contributed by atoms with Gasteiger partial charge in [0.25, 0.3) is 0 Å². The minimum Gasteiger partial charge on any atom is -0.497 e. The van der Waals surface area contributed by atoms with Gasteiger partial charge >= 0.3 is 0 Å². The van der Waals surface area contributed by atoms with Crippen molar-refractivity contribution in [1.82, 2.24) is 19.9 Å². The first kappa shape index (κ1) is 21.7. The van der Waals surface area contributed by atoms with E-state index in [0.717, 1.165) is 38.9 Å². The van der Waals surface area contributed by atoms with Gasteiger partial charge in [0.1, 0.15) is 16.5 Å². The maximum Gasteiger partial charge on any atom is 0.230 e. The van der Waals surface area contributed by atoms with Gasteiger partial charge in [0.15, 0.2) is 0 Å². The second-order valence-corrected chi connectivity index (χ2v) is 7.93. The molecule has 0 aliphatic heterocycles. The first-order chi connectivity index (χ1) is 15.7. The molecule has 0 aliphatic carbocycles. The van der Waals surface area contributed by atoms with Crippen LogP contribution in [0.15, 0.2) is 72.0 Å². The standard InChI is InChI=1S/C24H24N4O3S/c1-3-31-19-9-7-18(8-10-19)21-14-22-24(25-11-12-28(22)27-21)32-16-23(29)26-15-17-5-4-6-20(13-17)30-2/h4-14H,3,15-16H2,1-2H3,(H,26,29). The lowest BCUT2D eigenvalue weighted by molar-refractivity contribution is -0.118. The summed E-state index contributed by atoms with van der Waals surface area (Å²) in [6, 6.07) is 17.5. The summed E-state index contributed by atoms with van der Waals surface area (Å²) in [5.41, 5.74) is 3.68. The van der Waals surface area contributed by atoms with Crippen LogP contribution in [0.2, 0.25) is 0 Å². The summed E-state index contributed by atoms with van der Waals surface area (Å²) >= 11 is 1.39. The SMILES string of the molecule is CCOc1ccc(-c2cc3c(SCC(=O)NCc4cccc(OC)c4)nccn3n2)cc1. The molecule has 0 fully saturated rings. The number of fused-ring (bicyclic) bond motifs is 1. The smallest absolute Gasteiger partial charge is 0.230 e. The molecular formula is C24H24N4O3S. The predicted octanol–water partition coefficient (Wildman–Crippen LogP) is 4.21. The fraction of sp³-hybridized carbons (Fsp3) is 0.208. The van der Waals surface area contributed by atoms with Crippen molar-refractivity contribution >= 4 is 23.2 Å². The van der Waals surface area contributed by atoms with Crippen molar-refractivity contribution in [2.75, 3.05) is 19.5 Å². The number of nitrogens with zero attached hydrogens (tertiary/aromatic N) is 3. The fourth-order valence-electron chi connectivity index (χ4n) is 3.21. The zero-order valence-electron chi connectivity index (χ0n) is 17.9. The molecule has 0 saturated carbocycles. The Morgan fingerprint density at radius 3 is 2.75 bits per heavy atom. The van der Waals surface area contributed by atoms with Gasteiger partial charge in [0.05, 0.1) is 30.7 Å². The zero-order valence-corrected chi connectivity index (χ0v) is 18.8. The Bertz CT molecular complexity index is 1210. The van der Waals surface area contributed by atoms with Gasteiger partial charge in [-0.05, 0) is 55.0 Å². The van der Waals surface area contributed by atoms with Crippen LogP contribution in [0.5, 0.6) is 11.5 Å². The van der Waals surface area contributed by atoms with Crippen LogP contribution in [0.4, 0.5) is 0 Å². The van der Waals surface area contributed by atoms with Crippen LogP contribution >= 0.6 is 11.8 Å². The maximum atomic E-state index is 12.4. The molecule has 0 saturated heterocycles. The lowest BCUT2D eigenvalue weighted by Crippen LogP contribution is -2.24. The molecule has 1 N–H and O–H groups in total. The van der Waals surface area contributed by atoms with E-state index in [0.29, 0.717) is 13.2 Å². The van der Waals surface area contributed by atoms with Crippen molar-refractivity contribution in [1.29, 1.82) is 0 Å². The van der Waals surface area contributed by atoms with E-state index in [1.165, 1.54) is 11.8 Å². The van der Waals surface area contributed by atoms with Crippen molar-refractivity contribution in [2.45, 2.75) is 18.5 Å². The number of thioether (sulfide) groups is 1. The van der Waals surface area contributed by atoms with Gasteiger partial charge in [-0.3, -0.25) is 4.79 Å². The van der Waals surface area contributed by atoms with Crippen LogP contribution < -0.4 is 14.8 Å².